The van der Waals surface area contributed by atoms with Crippen molar-refractivity contribution in [2.75, 3.05) is 13.2 Å². The number of benzene rings is 1. The topological polar surface area (TPSA) is 110 Å². The molecule has 0 unspecified atom stereocenters. The number of rotatable bonds is 6. The molecule has 0 aliphatic carbocycles. The van der Waals surface area contributed by atoms with Gasteiger partial charge in [-0.1, -0.05) is 25.4 Å². The van der Waals surface area contributed by atoms with E-state index in [4.69, 9.17) is 16.3 Å². The highest BCUT2D eigenvalue weighted by atomic mass is 35.5. The third kappa shape index (κ3) is 4.37. The fourth-order valence-corrected chi connectivity index (χ4v) is 3.05. The van der Waals surface area contributed by atoms with E-state index in [0.717, 1.165) is 6.07 Å². The highest BCUT2D eigenvalue weighted by molar-refractivity contribution is 6.32. The molecule has 148 valence electrons. The van der Waals surface area contributed by atoms with Crippen LogP contribution in [-0.2, 0) is 9.53 Å². The zero-order chi connectivity index (χ0) is 20.3. The van der Waals surface area contributed by atoms with E-state index in [1.165, 1.54) is 18.3 Å². The summed E-state index contributed by atoms with van der Waals surface area (Å²) in [6.45, 7) is 5.37. The molecule has 0 spiro atoms. The van der Waals surface area contributed by atoms with Crippen molar-refractivity contribution in [3.63, 3.8) is 0 Å². The van der Waals surface area contributed by atoms with Gasteiger partial charge in [0.05, 0.1) is 35.5 Å². The van der Waals surface area contributed by atoms with Crippen LogP contribution in [0.25, 0.3) is 5.70 Å². The van der Waals surface area contributed by atoms with Gasteiger partial charge >= 0.3 is 5.97 Å². The Morgan fingerprint density at radius 1 is 1.30 bits per heavy atom. The summed E-state index contributed by atoms with van der Waals surface area (Å²) in [5.41, 5.74) is 0.613. The largest absolute Gasteiger partial charge is 0.507 e. The van der Waals surface area contributed by atoms with Crippen molar-refractivity contribution in [2.24, 2.45) is 5.92 Å². The maximum absolute atomic E-state index is 12.2. The zero-order valence-electron chi connectivity index (χ0n) is 15.4. The van der Waals surface area contributed by atoms with Gasteiger partial charge in [0.15, 0.2) is 0 Å². The van der Waals surface area contributed by atoms with Crippen molar-refractivity contribution >= 4 is 23.3 Å². The molecule has 1 aromatic carbocycles. The maximum Gasteiger partial charge on any atom is 0.338 e. The lowest BCUT2D eigenvalue weighted by atomic mass is 9.95. The van der Waals surface area contributed by atoms with Crippen LogP contribution in [0.5, 0.6) is 11.5 Å². The molecule has 27 heavy (non-hydrogen) atoms. The number of esters is 1. The van der Waals surface area contributed by atoms with E-state index in [1.807, 2.05) is 13.8 Å². The molecule has 0 radical (unpaired) electrons. The van der Waals surface area contributed by atoms with Crippen LogP contribution in [0.15, 0.2) is 30.0 Å². The van der Waals surface area contributed by atoms with E-state index in [9.17, 15) is 25.2 Å². The van der Waals surface area contributed by atoms with Gasteiger partial charge in [0.2, 0.25) is 0 Å². The number of aliphatic hydroxyl groups excluding tert-OH is 2. The minimum absolute atomic E-state index is 0.0170. The molecule has 0 saturated carbocycles. The first-order chi connectivity index (χ1) is 12.7. The van der Waals surface area contributed by atoms with Crippen molar-refractivity contribution in [1.82, 2.24) is 4.90 Å². The summed E-state index contributed by atoms with van der Waals surface area (Å²) in [4.78, 5) is 13.8. The van der Waals surface area contributed by atoms with Gasteiger partial charge in [-0.15, -0.1) is 0 Å². The summed E-state index contributed by atoms with van der Waals surface area (Å²) in [5, 5.41) is 40.3. The number of carbonyl (C=O) groups excluding carboxylic acids is 1. The van der Waals surface area contributed by atoms with Crippen LogP contribution in [-0.4, -0.2) is 56.7 Å². The first-order valence-corrected chi connectivity index (χ1v) is 8.98. The Kier molecular flexibility index (Phi) is 6.75. The highest BCUT2D eigenvalue weighted by Crippen LogP contribution is 2.39. The van der Waals surface area contributed by atoms with Crippen LogP contribution < -0.4 is 0 Å². The second-order valence-corrected chi connectivity index (χ2v) is 6.93. The van der Waals surface area contributed by atoms with Gasteiger partial charge in [-0.2, -0.15) is 0 Å². The summed E-state index contributed by atoms with van der Waals surface area (Å²) < 4.78 is 4.98. The third-order valence-electron chi connectivity index (χ3n) is 4.36. The van der Waals surface area contributed by atoms with Gasteiger partial charge in [-0.25, -0.2) is 4.79 Å². The summed E-state index contributed by atoms with van der Waals surface area (Å²) in [5.74, 6) is -1.23. The number of ether oxygens (including phenoxy) is 1. The molecule has 2 rings (SSSR count). The lowest BCUT2D eigenvalue weighted by molar-refractivity contribution is -0.139. The average Bonchev–Trinajstić information content (AvgIpc) is 2.59. The van der Waals surface area contributed by atoms with Crippen LogP contribution in [0.4, 0.5) is 0 Å². The normalized spacial score (nSPS) is 18.2. The molecule has 8 heteroatoms. The summed E-state index contributed by atoms with van der Waals surface area (Å²) in [6, 6.07) is 2.01. The van der Waals surface area contributed by atoms with Crippen molar-refractivity contribution < 1.29 is 30.0 Å². The lowest BCUT2D eigenvalue weighted by Crippen LogP contribution is -2.40. The number of aromatic hydroxyl groups is 2. The molecule has 0 bridgehead atoms. The van der Waals surface area contributed by atoms with Gasteiger partial charge in [0.25, 0.3) is 0 Å². The minimum atomic E-state index is -1.27. The second kappa shape index (κ2) is 8.65. The summed E-state index contributed by atoms with van der Waals surface area (Å²) in [7, 11) is 0. The monoisotopic (exact) mass is 397 g/mol. The van der Waals surface area contributed by atoms with Crippen molar-refractivity contribution in [1.29, 1.82) is 0 Å². The summed E-state index contributed by atoms with van der Waals surface area (Å²) in [6.07, 6.45) is 1.52. The number of hydrogen-bond acceptors (Lipinski definition) is 7. The Morgan fingerprint density at radius 2 is 1.96 bits per heavy atom. The van der Waals surface area contributed by atoms with E-state index in [-0.39, 0.29) is 46.8 Å². The first-order valence-electron chi connectivity index (χ1n) is 8.60. The van der Waals surface area contributed by atoms with Crippen molar-refractivity contribution in [3.8, 4) is 11.5 Å². The zero-order valence-corrected chi connectivity index (χ0v) is 16.1. The number of halogens is 1. The van der Waals surface area contributed by atoms with Crippen LogP contribution in [0, 0.1) is 5.92 Å². The highest BCUT2D eigenvalue weighted by Gasteiger charge is 2.32. The van der Waals surface area contributed by atoms with Gasteiger partial charge in [0, 0.05) is 17.8 Å². The lowest BCUT2D eigenvalue weighted by Gasteiger charge is -2.38. The summed E-state index contributed by atoms with van der Waals surface area (Å²) >= 11 is 5.98. The van der Waals surface area contributed by atoms with Gasteiger partial charge in [-0.05, 0) is 25.0 Å². The molecule has 1 heterocycles. The van der Waals surface area contributed by atoms with Crippen LogP contribution in [0.3, 0.4) is 0 Å². The fourth-order valence-electron chi connectivity index (χ4n) is 2.89. The molecule has 2 atom stereocenters. The Balaban J connectivity index is 2.60. The molecule has 1 aromatic rings. The van der Waals surface area contributed by atoms with E-state index in [2.05, 4.69) is 0 Å². The number of hydrogen-bond donors (Lipinski definition) is 4. The van der Waals surface area contributed by atoms with E-state index >= 15 is 0 Å². The van der Waals surface area contributed by atoms with Crippen LogP contribution in [0.2, 0.25) is 5.02 Å². The van der Waals surface area contributed by atoms with Crippen LogP contribution in [0.1, 0.15) is 26.3 Å². The SMILES string of the molecule is CCOC(=O)C1=CN([C@@H](CO)C(C)C)C(c2cc(Cl)c(O)cc2O)=C[C@H]1O. The molecule has 0 aromatic heterocycles. The molecule has 0 amide bonds. The Bertz CT molecular complexity index is 774. The number of nitrogens with zero attached hydrogens (tertiary/aromatic N) is 1. The Morgan fingerprint density at radius 3 is 2.52 bits per heavy atom. The predicted molar refractivity (Wildman–Crippen MR) is 101 cm³/mol. The van der Waals surface area contributed by atoms with Gasteiger partial charge in [-0.3, -0.25) is 0 Å². The molecule has 4 N–H and O–H groups in total. The molecule has 1 aliphatic rings. The first kappa shape index (κ1) is 21.1. The smallest absolute Gasteiger partial charge is 0.338 e. The third-order valence-corrected chi connectivity index (χ3v) is 4.66. The molecule has 1 aliphatic heterocycles. The number of carbonyl (C=O) groups is 1. The Labute approximate surface area is 162 Å². The molecular weight excluding hydrogens is 374 g/mol. The van der Waals surface area contributed by atoms with E-state index in [0.29, 0.717) is 5.70 Å². The van der Waals surface area contributed by atoms with E-state index < -0.39 is 18.1 Å². The van der Waals surface area contributed by atoms with Gasteiger partial charge < -0.3 is 30.1 Å². The molecule has 0 fully saturated rings. The minimum Gasteiger partial charge on any atom is -0.507 e. The number of aliphatic hydroxyl groups is 2. The van der Waals surface area contributed by atoms with Crippen molar-refractivity contribution in [3.05, 3.63) is 40.6 Å². The quantitative estimate of drug-likeness (QED) is 0.545. The number of phenols is 2. The molecule has 0 saturated heterocycles. The maximum atomic E-state index is 12.2. The van der Waals surface area contributed by atoms with E-state index in [1.54, 1.807) is 11.8 Å². The van der Waals surface area contributed by atoms with Crippen molar-refractivity contribution in [2.45, 2.75) is 32.9 Å². The number of phenolic OH excluding ortho intramolecular Hbond substituents is 2. The predicted octanol–water partition coefficient (Wildman–Crippen LogP) is 2.23. The standard InChI is InChI=1S/C19H24ClNO6/c1-4-27-19(26)12-8-21(15(9-22)10(2)3)14(6-16(12)23)11-5-13(20)18(25)7-17(11)24/h5-8,10,15-16,22-25H,4,9H2,1-3H3/t15-,16+/m0/s1. The van der Waals surface area contributed by atoms with Crippen LogP contribution >= 0.6 is 11.6 Å². The second-order valence-electron chi connectivity index (χ2n) is 6.52. The molecule has 7 nitrogen and oxygen atoms in total. The Hall–Kier alpha value is -2.22. The fraction of sp³-hybridized carbons (Fsp3) is 0.421. The average molecular weight is 398 g/mol. The van der Waals surface area contributed by atoms with Gasteiger partial charge in [0.1, 0.15) is 17.6 Å². The molecular formula is C19H24ClNO6.